The van der Waals surface area contributed by atoms with E-state index in [1.54, 1.807) is 0 Å². The van der Waals surface area contributed by atoms with Crippen molar-refractivity contribution in [3.05, 3.63) is 11.6 Å². The summed E-state index contributed by atoms with van der Waals surface area (Å²) in [7, 11) is 4.06. The Morgan fingerprint density at radius 2 is 2.16 bits per heavy atom. The van der Waals surface area contributed by atoms with Gasteiger partial charge >= 0.3 is 0 Å². The van der Waals surface area contributed by atoms with Gasteiger partial charge in [0, 0.05) is 38.5 Å². The van der Waals surface area contributed by atoms with Crippen LogP contribution in [-0.4, -0.2) is 65.4 Å². The highest BCUT2D eigenvalue weighted by atomic mass is 15.4. The molecule has 1 saturated heterocycles. The zero-order chi connectivity index (χ0) is 17.8. The summed E-state index contributed by atoms with van der Waals surface area (Å²) in [6.07, 6.45) is 4.65. The summed E-state index contributed by atoms with van der Waals surface area (Å²) >= 11 is 0. The number of hydrogen-bond acceptors (Lipinski definition) is 4. The van der Waals surface area contributed by atoms with Crippen LogP contribution in [0.15, 0.2) is 4.99 Å². The van der Waals surface area contributed by atoms with Crippen molar-refractivity contribution in [3.8, 4) is 0 Å². The molecule has 0 aliphatic carbocycles. The number of rotatable bonds is 4. The Morgan fingerprint density at radius 3 is 2.88 bits per heavy atom. The van der Waals surface area contributed by atoms with Crippen molar-refractivity contribution in [1.29, 1.82) is 0 Å². The van der Waals surface area contributed by atoms with E-state index in [9.17, 15) is 0 Å². The second-order valence-corrected chi connectivity index (χ2v) is 7.83. The van der Waals surface area contributed by atoms with E-state index in [-0.39, 0.29) is 0 Å². The molecule has 0 amide bonds. The van der Waals surface area contributed by atoms with Gasteiger partial charge in [0.15, 0.2) is 11.8 Å². The molecule has 1 aromatic rings. The van der Waals surface area contributed by atoms with Crippen LogP contribution in [0.3, 0.4) is 0 Å². The summed E-state index contributed by atoms with van der Waals surface area (Å²) in [5.41, 5.74) is 0. The Balaban J connectivity index is 1.50. The molecular formula is C18H33N7. The summed E-state index contributed by atoms with van der Waals surface area (Å²) in [6.45, 7) is 8.54. The lowest BCUT2D eigenvalue weighted by Crippen LogP contribution is -2.49. The lowest BCUT2D eigenvalue weighted by molar-refractivity contribution is 0.210. The van der Waals surface area contributed by atoms with E-state index >= 15 is 0 Å². The standard InChI is InChI=1S/C18H33N7/c1-13(2)17-22-16-8-7-15(12-25(16)23-17)21-18(19-3)20-10-14-6-5-9-24(4)11-14/h13-15H,5-12H2,1-4H3,(H2,19,20,21). The number of aromatic nitrogens is 3. The predicted octanol–water partition coefficient (Wildman–Crippen LogP) is 1.22. The molecule has 3 rings (SSSR count). The van der Waals surface area contributed by atoms with E-state index in [1.807, 2.05) is 7.05 Å². The zero-order valence-corrected chi connectivity index (χ0v) is 16.1. The van der Waals surface area contributed by atoms with Gasteiger partial charge in [-0.15, -0.1) is 0 Å². The molecule has 1 aromatic heterocycles. The number of nitrogens with zero attached hydrogens (tertiary/aromatic N) is 5. The Bertz CT molecular complexity index is 592. The fourth-order valence-electron chi connectivity index (χ4n) is 3.76. The van der Waals surface area contributed by atoms with E-state index in [1.165, 1.54) is 25.9 Å². The highest BCUT2D eigenvalue weighted by molar-refractivity contribution is 5.79. The molecule has 0 spiro atoms. The smallest absolute Gasteiger partial charge is 0.191 e. The third-order valence-corrected chi connectivity index (χ3v) is 5.24. The number of aliphatic imine (C=N–C) groups is 1. The molecule has 2 unspecified atom stereocenters. The van der Waals surface area contributed by atoms with Crippen LogP contribution in [0.4, 0.5) is 0 Å². The normalized spacial score (nSPS) is 25.1. The van der Waals surface area contributed by atoms with Crippen LogP contribution in [0.25, 0.3) is 0 Å². The molecule has 140 valence electrons. The van der Waals surface area contributed by atoms with Crippen LogP contribution in [0.2, 0.25) is 0 Å². The first kappa shape index (κ1) is 18.2. The minimum Gasteiger partial charge on any atom is -0.356 e. The maximum absolute atomic E-state index is 4.66. The quantitative estimate of drug-likeness (QED) is 0.633. The Morgan fingerprint density at radius 1 is 1.32 bits per heavy atom. The molecule has 2 atom stereocenters. The fourth-order valence-corrected chi connectivity index (χ4v) is 3.76. The van der Waals surface area contributed by atoms with Gasteiger partial charge in [-0.05, 0) is 38.8 Å². The average molecular weight is 348 g/mol. The van der Waals surface area contributed by atoms with Crippen molar-refractivity contribution < 1.29 is 0 Å². The van der Waals surface area contributed by atoms with Crippen molar-refractivity contribution in [3.63, 3.8) is 0 Å². The number of likely N-dealkylation sites (tertiary alicyclic amines) is 1. The molecule has 0 bridgehead atoms. The Labute approximate surface area is 151 Å². The van der Waals surface area contributed by atoms with Crippen molar-refractivity contribution in [2.45, 2.75) is 58.0 Å². The summed E-state index contributed by atoms with van der Waals surface area (Å²) in [5, 5.41) is 11.8. The van der Waals surface area contributed by atoms with Gasteiger partial charge in [0.2, 0.25) is 0 Å². The minimum absolute atomic E-state index is 0.356. The van der Waals surface area contributed by atoms with Crippen LogP contribution < -0.4 is 10.6 Å². The first-order valence-corrected chi connectivity index (χ1v) is 9.64. The van der Waals surface area contributed by atoms with Crippen molar-refractivity contribution in [1.82, 2.24) is 30.3 Å². The highest BCUT2D eigenvalue weighted by Gasteiger charge is 2.23. The molecule has 2 N–H and O–H groups in total. The lowest BCUT2D eigenvalue weighted by atomic mass is 9.98. The Kier molecular flexibility index (Phi) is 5.93. The van der Waals surface area contributed by atoms with Gasteiger partial charge < -0.3 is 15.5 Å². The maximum atomic E-state index is 4.66. The molecule has 0 saturated carbocycles. The second kappa shape index (κ2) is 8.17. The number of aryl methyl sites for hydroxylation is 1. The van der Waals surface area contributed by atoms with Gasteiger partial charge in [0.25, 0.3) is 0 Å². The van der Waals surface area contributed by atoms with Gasteiger partial charge in [-0.2, -0.15) is 5.10 Å². The number of piperidine rings is 1. The topological polar surface area (TPSA) is 70.4 Å². The van der Waals surface area contributed by atoms with Crippen LogP contribution in [0.1, 0.15) is 50.7 Å². The van der Waals surface area contributed by atoms with E-state index in [0.717, 1.165) is 43.5 Å². The van der Waals surface area contributed by atoms with Crippen LogP contribution in [0, 0.1) is 5.92 Å². The van der Waals surface area contributed by atoms with Crippen LogP contribution in [-0.2, 0) is 13.0 Å². The molecule has 2 aliphatic rings. The number of guanidine groups is 1. The molecule has 7 heteroatoms. The first-order chi connectivity index (χ1) is 12.0. The monoisotopic (exact) mass is 347 g/mol. The first-order valence-electron chi connectivity index (χ1n) is 9.64. The molecule has 0 radical (unpaired) electrons. The van der Waals surface area contributed by atoms with Crippen LogP contribution >= 0.6 is 0 Å². The third kappa shape index (κ3) is 4.71. The van der Waals surface area contributed by atoms with Gasteiger partial charge in [0.1, 0.15) is 5.82 Å². The largest absolute Gasteiger partial charge is 0.356 e. The second-order valence-electron chi connectivity index (χ2n) is 7.83. The van der Waals surface area contributed by atoms with E-state index in [0.29, 0.717) is 17.9 Å². The predicted molar refractivity (Wildman–Crippen MR) is 101 cm³/mol. The van der Waals surface area contributed by atoms with Crippen molar-refractivity contribution in [2.24, 2.45) is 10.9 Å². The fraction of sp³-hybridized carbons (Fsp3) is 0.833. The number of fused-ring (bicyclic) bond motifs is 1. The number of hydrogen-bond donors (Lipinski definition) is 2. The highest BCUT2D eigenvalue weighted by Crippen LogP contribution is 2.17. The van der Waals surface area contributed by atoms with Gasteiger partial charge in [-0.3, -0.25) is 4.99 Å². The van der Waals surface area contributed by atoms with Crippen molar-refractivity contribution >= 4 is 5.96 Å². The summed E-state index contributed by atoms with van der Waals surface area (Å²) in [6, 6.07) is 0.356. The average Bonchev–Trinajstić information content (AvgIpc) is 3.02. The number of nitrogens with one attached hydrogen (secondary N) is 2. The molecule has 0 aromatic carbocycles. The summed E-state index contributed by atoms with van der Waals surface area (Å²) in [5.74, 6) is 4.08. The summed E-state index contributed by atoms with van der Waals surface area (Å²) in [4.78, 5) is 11.5. The molecule has 25 heavy (non-hydrogen) atoms. The molecule has 2 aliphatic heterocycles. The Hall–Kier alpha value is -1.63. The minimum atomic E-state index is 0.356. The zero-order valence-electron chi connectivity index (χ0n) is 16.1. The molecule has 3 heterocycles. The SMILES string of the molecule is CN=C(NCC1CCCN(C)C1)NC1CCc2nc(C(C)C)nn2C1. The van der Waals surface area contributed by atoms with E-state index in [4.69, 9.17) is 0 Å². The summed E-state index contributed by atoms with van der Waals surface area (Å²) < 4.78 is 2.07. The molecule has 1 fully saturated rings. The molecular weight excluding hydrogens is 314 g/mol. The lowest BCUT2D eigenvalue weighted by Gasteiger charge is -2.31. The van der Waals surface area contributed by atoms with Crippen molar-refractivity contribution in [2.75, 3.05) is 33.7 Å². The van der Waals surface area contributed by atoms with E-state index in [2.05, 4.69) is 56.2 Å². The van der Waals surface area contributed by atoms with Crippen LogP contribution in [0.5, 0.6) is 0 Å². The maximum Gasteiger partial charge on any atom is 0.191 e. The third-order valence-electron chi connectivity index (χ3n) is 5.24. The molecule has 7 nitrogen and oxygen atoms in total. The van der Waals surface area contributed by atoms with E-state index < -0.39 is 0 Å². The van der Waals surface area contributed by atoms with Gasteiger partial charge in [-0.25, -0.2) is 9.67 Å². The van der Waals surface area contributed by atoms with Gasteiger partial charge in [-0.1, -0.05) is 13.8 Å². The van der Waals surface area contributed by atoms with Gasteiger partial charge in [0.05, 0.1) is 6.54 Å².